The van der Waals surface area contributed by atoms with E-state index in [1.165, 1.54) is 4.90 Å². The molecular weight excluding hydrogens is 326 g/mol. The van der Waals surface area contributed by atoms with Gasteiger partial charge in [-0.25, -0.2) is 0 Å². The van der Waals surface area contributed by atoms with Crippen LogP contribution in [0.25, 0.3) is 0 Å². The minimum Gasteiger partial charge on any atom is -0.465 e. The molecule has 0 spiro atoms. The molecule has 1 aliphatic rings. The van der Waals surface area contributed by atoms with Gasteiger partial charge < -0.3 is 19.5 Å². The van der Waals surface area contributed by atoms with Crippen molar-refractivity contribution in [2.75, 3.05) is 19.8 Å². The number of carbonyl (C=O) groups is 3. The molecule has 1 atom stereocenters. The summed E-state index contributed by atoms with van der Waals surface area (Å²) < 4.78 is 9.91. The standard InChI is InChI=1S/C18H23NO6/c1-3-24-16(22)18(17(23)25-4-2)10-15(21)19(12-14(18)20)11-13-8-6-5-7-9-13/h5-9,14,20H,3-4,10-12H2,1-2H3. The minimum absolute atomic E-state index is 0.0363. The number of esters is 2. The van der Waals surface area contributed by atoms with Gasteiger partial charge in [0.25, 0.3) is 0 Å². The number of carbonyl (C=O) groups excluding carboxylic acids is 3. The van der Waals surface area contributed by atoms with E-state index < -0.39 is 35.8 Å². The highest BCUT2D eigenvalue weighted by molar-refractivity contribution is 6.05. The number of hydrogen-bond acceptors (Lipinski definition) is 6. The van der Waals surface area contributed by atoms with Gasteiger partial charge in [0, 0.05) is 13.1 Å². The Morgan fingerprint density at radius 1 is 1.16 bits per heavy atom. The zero-order chi connectivity index (χ0) is 18.4. The normalized spacial score (nSPS) is 19.4. The molecule has 0 bridgehead atoms. The Balaban J connectivity index is 2.25. The van der Waals surface area contributed by atoms with Crippen LogP contribution in [0.15, 0.2) is 30.3 Å². The van der Waals surface area contributed by atoms with Gasteiger partial charge in [0.1, 0.15) is 0 Å². The maximum absolute atomic E-state index is 12.6. The highest BCUT2D eigenvalue weighted by Gasteiger charge is 2.59. The van der Waals surface area contributed by atoms with Crippen molar-refractivity contribution in [2.45, 2.75) is 32.9 Å². The fourth-order valence-electron chi connectivity index (χ4n) is 2.91. The zero-order valence-corrected chi connectivity index (χ0v) is 14.4. The maximum atomic E-state index is 12.6. The largest absolute Gasteiger partial charge is 0.465 e. The Bertz CT molecular complexity index is 612. The lowest BCUT2D eigenvalue weighted by molar-refractivity contribution is -0.190. The summed E-state index contributed by atoms with van der Waals surface area (Å²) in [7, 11) is 0. The Morgan fingerprint density at radius 2 is 1.72 bits per heavy atom. The van der Waals surface area contributed by atoms with E-state index in [9.17, 15) is 19.5 Å². The van der Waals surface area contributed by atoms with Gasteiger partial charge in [0.2, 0.25) is 11.3 Å². The first-order chi connectivity index (χ1) is 12.0. The van der Waals surface area contributed by atoms with Crippen LogP contribution in [0.2, 0.25) is 0 Å². The van der Waals surface area contributed by atoms with E-state index in [4.69, 9.17) is 9.47 Å². The fraction of sp³-hybridized carbons (Fsp3) is 0.500. The molecule has 1 aliphatic heterocycles. The van der Waals surface area contributed by atoms with Crippen molar-refractivity contribution in [3.8, 4) is 0 Å². The van der Waals surface area contributed by atoms with Crippen LogP contribution in [-0.4, -0.2) is 53.7 Å². The van der Waals surface area contributed by atoms with Gasteiger partial charge in [-0.2, -0.15) is 0 Å². The third-order valence-corrected chi connectivity index (χ3v) is 4.24. The summed E-state index contributed by atoms with van der Waals surface area (Å²) in [5, 5.41) is 10.6. The van der Waals surface area contributed by atoms with Crippen LogP contribution < -0.4 is 0 Å². The monoisotopic (exact) mass is 349 g/mol. The van der Waals surface area contributed by atoms with Crippen molar-refractivity contribution in [1.82, 2.24) is 4.90 Å². The van der Waals surface area contributed by atoms with Gasteiger partial charge in [0.05, 0.1) is 25.7 Å². The van der Waals surface area contributed by atoms with Gasteiger partial charge in [-0.15, -0.1) is 0 Å². The first-order valence-corrected chi connectivity index (χ1v) is 8.29. The van der Waals surface area contributed by atoms with Crippen molar-refractivity contribution < 1.29 is 29.0 Å². The number of ether oxygens (including phenoxy) is 2. The van der Waals surface area contributed by atoms with Crippen LogP contribution >= 0.6 is 0 Å². The van der Waals surface area contributed by atoms with Gasteiger partial charge >= 0.3 is 11.9 Å². The van der Waals surface area contributed by atoms with E-state index in [1.54, 1.807) is 13.8 Å². The third-order valence-electron chi connectivity index (χ3n) is 4.24. The van der Waals surface area contributed by atoms with Crippen LogP contribution in [0.4, 0.5) is 0 Å². The number of rotatable bonds is 6. The summed E-state index contributed by atoms with van der Waals surface area (Å²) in [6, 6.07) is 9.28. The molecule has 0 aromatic heterocycles. The molecule has 1 aromatic rings. The smallest absolute Gasteiger partial charge is 0.326 e. The average Bonchev–Trinajstić information content (AvgIpc) is 2.59. The topological polar surface area (TPSA) is 93.1 Å². The molecule has 0 radical (unpaired) electrons. The van der Waals surface area contributed by atoms with E-state index in [2.05, 4.69) is 0 Å². The zero-order valence-electron chi connectivity index (χ0n) is 14.4. The SMILES string of the molecule is CCOC(=O)C1(C(=O)OCC)CC(=O)N(Cc2ccccc2)CC1O. The molecule has 1 aromatic carbocycles. The van der Waals surface area contributed by atoms with Gasteiger partial charge in [0.15, 0.2) is 0 Å². The molecule has 136 valence electrons. The van der Waals surface area contributed by atoms with Crippen molar-refractivity contribution in [1.29, 1.82) is 0 Å². The molecule has 0 saturated carbocycles. The molecule has 1 saturated heterocycles. The van der Waals surface area contributed by atoms with Gasteiger partial charge in [-0.3, -0.25) is 14.4 Å². The molecule has 2 rings (SSSR count). The fourth-order valence-corrected chi connectivity index (χ4v) is 2.91. The van der Waals surface area contributed by atoms with E-state index in [0.717, 1.165) is 5.56 Å². The maximum Gasteiger partial charge on any atom is 0.326 e. The van der Waals surface area contributed by atoms with Crippen molar-refractivity contribution in [3.05, 3.63) is 35.9 Å². The first-order valence-electron chi connectivity index (χ1n) is 8.29. The molecule has 1 N–H and O–H groups in total. The second-order valence-electron chi connectivity index (χ2n) is 5.86. The summed E-state index contributed by atoms with van der Waals surface area (Å²) in [6.07, 6.45) is -1.87. The highest BCUT2D eigenvalue weighted by Crippen LogP contribution is 2.36. The molecule has 7 nitrogen and oxygen atoms in total. The second kappa shape index (κ2) is 8.11. The third kappa shape index (κ3) is 3.82. The molecular formula is C18H23NO6. The van der Waals surface area contributed by atoms with Crippen LogP contribution in [0.5, 0.6) is 0 Å². The molecule has 7 heteroatoms. The van der Waals surface area contributed by atoms with Crippen molar-refractivity contribution >= 4 is 17.8 Å². The lowest BCUT2D eigenvalue weighted by Crippen LogP contribution is -2.61. The second-order valence-corrected chi connectivity index (χ2v) is 5.86. The summed E-state index contributed by atoms with van der Waals surface area (Å²) in [5.41, 5.74) is -1.11. The van der Waals surface area contributed by atoms with E-state index in [-0.39, 0.29) is 19.8 Å². The van der Waals surface area contributed by atoms with Crippen LogP contribution in [0.3, 0.4) is 0 Å². The van der Waals surface area contributed by atoms with Crippen LogP contribution in [-0.2, 0) is 30.4 Å². The lowest BCUT2D eigenvalue weighted by Gasteiger charge is -2.41. The number of likely N-dealkylation sites (tertiary alicyclic amines) is 1. The summed E-state index contributed by atoms with van der Waals surface area (Å²) in [5.74, 6) is -2.25. The number of aliphatic hydroxyl groups excluding tert-OH is 1. The molecule has 1 unspecified atom stereocenters. The predicted molar refractivity (Wildman–Crippen MR) is 88.2 cm³/mol. The Kier molecular flexibility index (Phi) is 6.14. The number of benzene rings is 1. The Hall–Kier alpha value is -2.41. The Morgan fingerprint density at radius 3 is 2.24 bits per heavy atom. The highest BCUT2D eigenvalue weighted by atomic mass is 16.6. The molecule has 0 aliphatic carbocycles. The van der Waals surface area contributed by atoms with E-state index in [1.807, 2.05) is 30.3 Å². The number of hydrogen-bond donors (Lipinski definition) is 1. The molecule has 1 amide bonds. The van der Waals surface area contributed by atoms with Crippen LogP contribution in [0.1, 0.15) is 25.8 Å². The number of piperidine rings is 1. The Labute approximate surface area is 146 Å². The van der Waals surface area contributed by atoms with Crippen LogP contribution in [0, 0.1) is 5.41 Å². The minimum atomic E-state index is -2.00. The first kappa shape index (κ1) is 18.9. The van der Waals surface area contributed by atoms with Crippen molar-refractivity contribution in [2.24, 2.45) is 5.41 Å². The summed E-state index contributed by atoms with van der Waals surface area (Å²) >= 11 is 0. The van der Waals surface area contributed by atoms with Gasteiger partial charge in [-0.1, -0.05) is 30.3 Å². The molecule has 1 fully saturated rings. The predicted octanol–water partition coefficient (Wildman–Crippen LogP) is 0.892. The molecule has 1 heterocycles. The number of amides is 1. The van der Waals surface area contributed by atoms with E-state index >= 15 is 0 Å². The van der Waals surface area contributed by atoms with Gasteiger partial charge in [-0.05, 0) is 19.4 Å². The summed E-state index contributed by atoms with van der Waals surface area (Å²) in [6.45, 7) is 3.40. The number of nitrogens with zero attached hydrogens (tertiary/aromatic N) is 1. The van der Waals surface area contributed by atoms with E-state index in [0.29, 0.717) is 6.54 Å². The number of β-amino-alcohol motifs (C(OH)–C–C–N with tert-alkyl or cyclic N) is 1. The lowest BCUT2D eigenvalue weighted by atomic mass is 9.75. The van der Waals surface area contributed by atoms with Crippen molar-refractivity contribution in [3.63, 3.8) is 0 Å². The molecule has 25 heavy (non-hydrogen) atoms. The number of aliphatic hydroxyl groups is 1. The quantitative estimate of drug-likeness (QED) is 0.606. The average molecular weight is 349 g/mol. The summed E-state index contributed by atoms with van der Waals surface area (Å²) in [4.78, 5) is 38.8.